The molecule has 31 heavy (non-hydrogen) atoms. The largest absolute Gasteiger partial charge is 0.381 e. The Bertz CT molecular complexity index is 1130. The van der Waals surface area contributed by atoms with Gasteiger partial charge >= 0.3 is 0 Å². The van der Waals surface area contributed by atoms with Crippen LogP contribution in [-0.2, 0) is 4.74 Å². The SMILES string of the molecule is Cc1nc(N2CCN(C)CC2)c2nc(-c3ccccc3C#N)n(C3CCOCC3)c2n1. The molecule has 0 saturated carbocycles. The van der Waals surface area contributed by atoms with E-state index >= 15 is 0 Å². The molecule has 8 nitrogen and oxygen atoms in total. The first-order valence-electron chi connectivity index (χ1n) is 10.9. The number of ether oxygens (including phenoxy) is 1. The standard InChI is InChI=1S/C23H27N7O/c1-16-25-22(29-11-9-28(2)10-12-29)20-23(26-16)30(18-7-13-31-14-8-18)21(27-20)19-6-4-3-5-17(19)15-24/h3-6,18H,7-14H2,1-2H3. The number of rotatable bonds is 3. The minimum Gasteiger partial charge on any atom is -0.381 e. The maximum atomic E-state index is 9.74. The van der Waals surface area contributed by atoms with Gasteiger partial charge in [0.1, 0.15) is 11.6 Å². The smallest absolute Gasteiger partial charge is 0.166 e. The molecular formula is C23H27N7O. The zero-order chi connectivity index (χ0) is 21.4. The fourth-order valence-electron chi connectivity index (χ4n) is 4.56. The number of piperazine rings is 1. The maximum Gasteiger partial charge on any atom is 0.166 e. The molecule has 0 spiro atoms. The summed E-state index contributed by atoms with van der Waals surface area (Å²) >= 11 is 0. The Kier molecular flexibility index (Phi) is 5.30. The van der Waals surface area contributed by atoms with E-state index in [4.69, 9.17) is 19.7 Å². The molecule has 2 aliphatic rings. The minimum atomic E-state index is 0.232. The highest BCUT2D eigenvalue weighted by Gasteiger charge is 2.28. The second kappa shape index (κ2) is 8.25. The van der Waals surface area contributed by atoms with Crippen molar-refractivity contribution in [1.82, 2.24) is 24.4 Å². The zero-order valence-electron chi connectivity index (χ0n) is 18.1. The molecule has 8 heteroatoms. The van der Waals surface area contributed by atoms with Gasteiger partial charge in [0.2, 0.25) is 0 Å². The average Bonchev–Trinajstić information content (AvgIpc) is 3.18. The fraction of sp³-hybridized carbons (Fsp3) is 0.478. The van der Waals surface area contributed by atoms with E-state index in [9.17, 15) is 5.26 Å². The van der Waals surface area contributed by atoms with Crippen LogP contribution in [0.4, 0.5) is 5.82 Å². The van der Waals surface area contributed by atoms with Crippen molar-refractivity contribution in [2.75, 3.05) is 51.3 Å². The molecule has 0 amide bonds. The van der Waals surface area contributed by atoms with Gasteiger partial charge in [0.05, 0.1) is 11.6 Å². The highest BCUT2D eigenvalue weighted by Crippen LogP contribution is 2.36. The van der Waals surface area contributed by atoms with Crippen LogP contribution in [-0.4, -0.2) is 70.9 Å². The summed E-state index contributed by atoms with van der Waals surface area (Å²) in [4.78, 5) is 19.4. The van der Waals surface area contributed by atoms with Crippen LogP contribution < -0.4 is 4.90 Å². The number of aromatic nitrogens is 4. The van der Waals surface area contributed by atoms with Crippen LogP contribution in [0.2, 0.25) is 0 Å². The van der Waals surface area contributed by atoms with Gasteiger partial charge < -0.3 is 19.1 Å². The van der Waals surface area contributed by atoms with Crippen LogP contribution in [0.5, 0.6) is 0 Å². The van der Waals surface area contributed by atoms with Crippen molar-refractivity contribution >= 4 is 17.0 Å². The van der Waals surface area contributed by atoms with Crippen LogP contribution in [0.1, 0.15) is 30.3 Å². The van der Waals surface area contributed by atoms with Gasteiger partial charge in [-0.25, -0.2) is 15.0 Å². The quantitative estimate of drug-likeness (QED) is 0.648. The third kappa shape index (κ3) is 3.64. The first-order chi connectivity index (χ1) is 15.2. The third-order valence-electron chi connectivity index (χ3n) is 6.28. The zero-order valence-corrected chi connectivity index (χ0v) is 18.1. The van der Waals surface area contributed by atoms with Crippen LogP contribution in [0.3, 0.4) is 0 Å². The Morgan fingerprint density at radius 2 is 1.77 bits per heavy atom. The molecule has 0 aliphatic carbocycles. The molecule has 2 fully saturated rings. The van der Waals surface area contributed by atoms with Gasteiger partial charge in [-0.15, -0.1) is 0 Å². The van der Waals surface area contributed by atoms with E-state index in [0.29, 0.717) is 5.56 Å². The van der Waals surface area contributed by atoms with Gasteiger partial charge in [-0.05, 0) is 38.9 Å². The number of hydrogen-bond acceptors (Lipinski definition) is 7. The van der Waals surface area contributed by atoms with E-state index in [-0.39, 0.29) is 6.04 Å². The number of anilines is 1. The normalized spacial score (nSPS) is 18.4. The number of fused-ring (bicyclic) bond motifs is 1. The molecule has 1 aromatic carbocycles. The molecule has 0 N–H and O–H groups in total. The third-order valence-corrected chi connectivity index (χ3v) is 6.28. The lowest BCUT2D eigenvalue weighted by atomic mass is 10.1. The van der Waals surface area contributed by atoms with Crippen molar-refractivity contribution < 1.29 is 4.74 Å². The molecule has 2 aromatic heterocycles. The number of aryl methyl sites for hydroxylation is 1. The lowest BCUT2D eigenvalue weighted by molar-refractivity contribution is 0.0708. The summed E-state index contributed by atoms with van der Waals surface area (Å²) in [7, 11) is 2.15. The van der Waals surface area contributed by atoms with Gasteiger partial charge in [0, 0.05) is 51.0 Å². The first kappa shape index (κ1) is 19.9. The van der Waals surface area contributed by atoms with E-state index in [1.54, 1.807) is 0 Å². The number of benzene rings is 1. The predicted octanol–water partition coefficient (Wildman–Crippen LogP) is 2.78. The lowest BCUT2D eigenvalue weighted by Gasteiger charge is -2.33. The summed E-state index contributed by atoms with van der Waals surface area (Å²) in [5, 5.41) is 9.74. The van der Waals surface area contributed by atoms with Gasteiger partial charge in [-0.1, -0.05) is 12.1 Å². The van der Waals surface area contributed by atoms with Crippen LogP contribution in [0, 0.1) is 18.3 Å². The first-order valence-corrected chi connectivity index (χ1v) is 10.9. The summed E-state index contributed by atoms with van der Waals surface area (Å²) in [5.41, 5.74) is 3.15. The van der Waals surface area contributed by atoms with Crippen LogP contribution in [0.25, 0.3) is 22.6 Å². The van der Waals surface area contributed by atoms with E-state index < -0.39 is 0 Å². The van der Waals surface area contributed by atoms with Crippen molar-refractivity contribution in [3.05, 3.63) is 35.7 Å². The number of nitriles is 1. The average molecular weight is 418 g/mol. The molecule has 5 rings (SSSR count). The molecule has 0 atom stereocenters. The van der Waals surface area contributed by atoms with Crippen LogP contribution in [0.15, 0.2) is 24.3 Å². The van der Waals surface area contributed by atoms with Crippen LogP contribution >= 0.6 is 0 Å². The molecule has 3 aromatic rings. The molecule has 0 radical (unpaired) electrons. The van der Waals surface area contributed by atoms with Gasteiger partial charge in [-0.2, -0.15) is 5.26 Å². The van der Waals surface area contributed by atoms with E-state index in [1.165, 1.54) is 0 Å². The number of hydrogen-bond donors (Lipinski definition) is 0. The van der Waals surface area contributed by atoms with E-state index in [0.717, 1.165) is 86.4 Å². The molecule has 4 heterocycles. The summed E-state index contributed by atoms with van der Waals surface area (Å²) < 4.78 is 7.86. The Labute approximate surface area is 182 Å². The predicted molar refractivity (Wildman–Crippen MR) is 119 cm³/mol. The Morgan fingerprint density at radius 3 is 2.52 bits per heavy atom. The second-order valence-corrected chi connectivity index (χ2v) is 8.36. The summed E-state index contributed by atoms with van der Waals surface area (Å²) in [5.74, 6) is 2.45. The van der Waals surface area contributed by atoms with Gasteiger partial charge in [-0.3, -0.25) is 0 Å². The van der Waals surface area contributed by atoms with E-state index in [2.05, 4.69) is 27.5 Å². The molecule has 0 unspecified atom stereocenters. The topological polar surface area (TPSA) is 83.1 Å². The van der Waals surface area contributed by atoms with Crippen molar-refractivity contribution in [2.45, 2.75) is 25.8 Å². The number of likely N-dealkylation sites (N-methyl/N-ethyl adjacent to an activating group) is 1. The van der Waals surface area contributed by atoms with Crippen molar-refractivity contribution in [2.24, 2.45) is 0 Å². The van der Waals surface area contributed by atoms with Crippen molar-refractivity contribution in [3.8, 4) is 17.5 Å². The minimum absolute atomic E-state index is 0.232. The maximum absolute atomic E-state index is 9.74. The highest BCUT2D eigenvalue weighted by atomic mass is 16.5. The molecule has 0 bridgehead atoms. The van der Waals surface area contributed by atoms with Crippen molar-refractivity contribution in [1.29, 1.82) is 5.26 Å². The summed E-state index contributed by atoms with van der Waals surface area (Å²) in [6.07, 6.45) is 1.81. The Hall–Kier alpha value is -3.02. The Morgan fingerprint density at radius 1 is 1.03 bits per heavy atom. The number of imidazole rings is 1. The van der Waals surface area contributed by atoms with Crippen molar-refractivity contribution in [3.63, 3.8) is 0 Å². The lowest BCUT2D eigenvalue weighted by Crippen LogP contribution is -2.45. The van der Waals surface area contributed by atoms with Gasteiger partial charge in [0.25, 0.3) is 0 Å². The second-order valence-electron chi connectivity index (χ2n) is 8.36. The number of nitrogens with zero attached hydrogens (tertiary/aromatic N) is 7. The summed E-state index contributed by atoms with van der Waals surface area (Å²) in [6, 6.07) is 10.2. The Balaban J connectivity index is 1.74. The molecule has 2 aliphatic heterocycles. The van der Waals surface area contributed by atoms with Gasteiger partial charge in [0.15, 0.2) is 17.0 Å². The summed E-state index contributed by atoms with van der Waals surface area (Å²) in [6.45, 7) is 7.21. The fourth-order valence-corrected chi connectivity index (χ4v) is 4.56. The van der Waals surface area contributed by atoms with E-state index in [1.807, 2.05) is 31.2 Å². The highest BCUT2D eigenvalue weighted by molar-refractivity contribution is 5.88. The molecular weight excluding hydrogens is 390 g/mol. The molecule has 160 valence electrons. The molecule has 2 saturated heterocycles. The monoisotopic (exact) mass is 417 g/mol.